The molecule has 1 atom stereocenters. The van der Waals surface area contributed by atoms with Gasteiger partial charge in [-0.2, -0.15) is 10.4 Å². The number of anilines is 1. The standard InChI is InChI=1S/C21H21N5O3/c1-13-6-14(15-8-18(28-2)20(29-3)23-9-15)7-16-11-26(21(27)19(13)16)17-10-24-25(12-17)5-4-22/h6-10,12,21,27H,5,11H2,1-3H3. The molecule has 0 saturated heterocycles. The van der Waals surface area contributed by atoms with Crippen molar-refractivity contribution in [3.8, 4) is 28.8 Å². The molecule has 0 bridgehead atoms. The monoisotopic (exact) mass is 391 g/mol. The number of nitriles is 1. The molecule has 1 aliphatic heterocycles. The molecule has 148 valence electrons. The molecule has 0 aliphatic carbocycles. The number of nitrogens with zero attached hydrogens (tertiary/aromatic N) is 5. The highest BCUT2D eigenvalue weighted by molar-refractivity contribution is 5.69. The first kappa shape index (κ1) is 18.8. The Hall–Kier alpha value is -3.57. The van der Waals surface area contributed by atoms with Crippen LogP contribution in [-0.2, 0) is 13.1 Å². The van der Waals surface area contributed by atoms with E-state index < -0.39 is 6.23 Å². The average Bonchev–Trinajstić information content (AvgIpc) is 3.32. The fourth-order valence-electron chi connectivity index (χ4n) is 3.75. The normalized spacial score (nSPS) is 15.1. The van der Waals surface area contributed by atoms with Crippen molar-refractivity contribution >= 4 is 5.69 Å². The summed E-state index contributed by atoms with van der Waals surface area (Å²) in [5.74, 6) is 1.000. The minimum absolute atomic E-state index is 0.173. The van der Waals surface area contributed by atoms with Gasteiger partial charge in [-0.15, -0.1) is 0 Å². The van der Waals surface area contributed by atoms with E-state index in [1.54, 1.807) is 37.5 Å². The van der Waals surface area contributed by atoms with Crippen molar-refractivity contribution in [1.29, 1.82) is 5.26 Å². The number of hydrogen-bond donors (Lipinski definition) is 1. The Morgan fingerprint density at radius 2 is 2.03 bits per heavy atom. The lowest BCUT2D eigenvalue weighted by molar-refractivity contribution is 0.181. The maximum absolute atomic E-state index is 10.9. The molecule has 0 fully saturated rings. The molecular formula is C21H21N5O3. The summed E-state index contributed by atoms with van der Waals surface area (Å²) in [7, 11) is 3.14. The van der Waals surface area contributed by atoms with E-state index in [0.29, 0.717) is 18.2 Å². The number of methoxy groups -OCH3 is 2. The zero-order valence-electron chi connectivity index (χ0n) is 16.5. The van der Waals surface area contributed by atoms with Gasteiger partial charge in [-0.25, -0.2) is 4.98 Å². The second-order valence-electron chi connectivity index (χ2n) is 6.86. The van der Waals surface area contributed by atoms with Gasteiger partial charge in [0.15, 0.2) is 12.0 Å². The summed E-state index contributed by atoms with van der Waals surface area (Å²) in [6, 6.07) is 8.05. The van der Waals surface area contributed by atoms with Gasteiger partial charge in [0.1, 0.15) is 6.54 Å². The van der Waals surface area contributed by atoms with Crippen molar-refractivity contribution in [1.82, 2.24) is 14.8 Å². The molecule has 0 amide bonds. The molecule has 8 heteroatoms. The summed E-state index contributed by atoms with van der Waals surface area (Å²) in [5, 5.41) is 23.9. The molecule has 0 radical (unpaired) electrons. The number of ether oxygens (including phenoxy) is 2. The van der Waals surface area contributed by atoms with E-state index in [1.807, 2.05) is 24.0 Å². The number of fused-ring (bicyclic) bond motifs is 1. The quantitative estimate of drug-likeness (QED) is 0.714. The average molecular weight is 391 g/mol. The highest BCUT2D eigenvalue weighted by Crippen LogP contribution is 2.40. The maximum atomic E-state index is 10.9. The van der Waals surface area contributed by atoms with E-state index in [9.17, 15) is 5.11 Å². The zero-order chi connectivity index (χ0) is 20.5. The number of aromatic nitrogens is 3. The van der Waals surface area contributed by atoms with E-state index in [-0.39, 0.29) is 6.54 Å². The minimum atomic E-state index is -0.762. The van der Waals surface area contributed by atoms with Crippen LogP contribution in [0.3, 0.4) is 0 Å². The van der Waals surface area contributed by atoms with Crippen LogP contribution in [0.4, 0.5) is 5.69 Å². The van der Waals surface area contributed by atoms with Gasteiger partial charge in [-0.05, 0) is 35.7 Å². The third kappa shape index (κ3) is 3.26. The number of pyridine rings is 1. The number of aliphatic hydroxyl groups is 1. The summed E-state index contributed by atoms with van der Waals surface area (Å²) in [5.41, 5.74) is 5.60. The van der Waals surface area contributed by atoms with E-state index in [4.69, 9.17) is 14.7 Å². The van der Waals surface area contributed by atoms with E-state index in [1.165, 1.54) is 0 Å². The van der Waals surface area contributed by atoms with Crippen LogP contribution in [0.25, 0.3) is 11.1 Å². The molecule has 2 aromatic heterocycles. The second-order valence-corrected chi connectivity index (χ2v) is 6.86. The van der Waals surface area contributed by atoms with Crippen molar-refractivity contribution in [2.45, 2.75) is 26.2 Å². The summed E-state index contributed by atoms with van der Waals surface area (Å²) in [6.45, 7) is 2.71. The van der Waals surface area contributed by atoms with Crippen molar-refractivity contribution in [3.05, 3.63) is 53.5 Å². The largest absolute Gasteiger partial charge is 0.491 e. The van der Waals surface area contributed by atoms with Crippen LogP contribution < -0.4 is 14.4 Å². The zero-order valence-corrected chi connectivity index (χ0v) is 16.5. The Bertz CT molecular complexity index is 1100. The van der Waals surface area contributed by atoms with E-state index in [0.717, 1.165) is 33.5 Å². The first-order valence-electron chi connectivity index (χ1n) is 9.11. The summed E-state index contributed by atoms with van der Waals surface area (Å²) in [4.78, 5) is 6.19. The van der Waals surface area contributed by atoms with Crippen molar-refractivity contribution in [2.75, 3.05) is 19.1 Å². The molecule has 1 aromatic carbocycles. The third-order valence-electron chi connectivity index (χ3n) is 5.12. The van der Waals surface area contributed by atoms with Gasteiger partial charge in [0.05, 0.1) is 32.2 Å². The number of aryl methyl sites for hydroxylation is 1. The first-order valence-corrected chi connectivity index (χ1v) is 9.11. The predicted molar refractivity (Wildman–Crippen MR) is 106 cm³/mol. The van der Waals surface area contributed by atoms with Gasteiger partial charge < -0.3 is 19.5 Å². The maximum Gasteiger partial charge on any atom is 0.256 e. The lowest BCUT2D eigenvalue weighted by atomic mass is 9.96. The number of benzene rings is 1. The molecule has 1 aliphatic rings. The van der Waals surface area contributed by atoms with Crippen LogP contribution in [-0.4, -0.2) is 34.1 Å². The van der Waals surface area contributed by atoms with Crippen LogP contribution in [0.5, 0.6) is 11.6 Å². The van der Waals surface area contributed by atoms with Crippen molar-refractivity contribution < 1.29 is 14.6 Å². The van der Waals surface area contributed by atoms with Crippen LogP contribution in [0.2, 0.25) is 0 Å². The van der Waals surface area contributed by atoms with E-state index >= 15 is 0 Å². The predicted octanol–water partition coefficient (Wildman–Crippen LogP) is 2.81. The molecule has 4 rings (SSSR count). The summed E-state index contributed by atoms with van der Waals surface area (Å²) < 4.78 is 12.1. The Labute approximate surface area is 168 Å². The number of aliphatic hydroxyl groups excluding tert-OH is 1. The fourth-order valence-corrected chi connectivity index (χ4v) is 3.75. The fraction of sp³-hybridized carbons (Fsp3) is 0.286. The van der Waals surface area contributed by atoms with Gasteiger partial charge in [-0.1, -0.05) is 6.07 Å². The molecule has 3 aromatic rings. The summed E-state index contributed by atoms with van der Waals surface area (Å²) in [6.07, 6.45) is 4.42. The molecule has 0 saturated carbocycles. The van der Waals surface area contributed by atoms with Gasteiger partial charge >= 0.3 is 0 Å². The van der Waals surface area contributed by atoms with E-state index in [2.05, 4.69) is 22.2 Å². The second kappa shape index (κ2) is 7.45. The van der Waals surface area contributed by atoms with Gasteiger partial charge in [0, 0.05) is 30.1 Å². The smallest absolute Gasteiger partial charge is 0.256 e. The number of rotatable bonds is 5. The molecule has 3 heterocycles. The summed E-state index contributed by atoms with van der Waals surface area (Å²) >= 11 is 0. The highest BCUT2D eigenvalue weighted by Gasteiger charge is 2.31. The van der Waals surface area contributed by atoms with Gasteiger partial charge in [0.2, 0.25) is 0 Å². The third-order valence-corrected chi connectivity index (χ3v) is 5.12. The first-order chi connectivity index (χ1) is 14.0. The van der Waals surface area contributed by atoms with Crippen LogP contribution in [0, 0.1) is 18.3 Å². The molecule has 29 heavy (non-hydrogen) atoms. The Morgan fingerprint density at radius 3 is 2.76 bits per heavy atom. The number of hydrogen-bond acceptors (Lipinski definition) is 7. The van der Waals surface area contributed by atoms with Gasteiger partial charge in [-0.3, -0.25) is 4.68 Å². The molecule has 8 nitrogen and oxygen atoms in total. The Morgan fingerprint density at radius 1 is 1.21 bits per heavy atom. The lowest BCUT2D eigenvalue weighted by Crippen LogP contribution is -2.20. The highest BCUT2D eigenvalue weighted by atomic mass is 16.5. The van der Waals surface area contributed by atoms with Crippen molar-refractivity contribution in [3.63, 3.8) is 0 Å². The Kier molecular flexibility index (Phi) is 4.82. The van der Waals surface area contributed by atoms with Gasteiger partial charge in [0.25, 0.3) is 5.88 Å². The molecular weight excluding hydrogens is 370 g/mol. The topological polar surface area (TPSA) is 96.4 Å². The van der Waals surface area contributed by atoms with Crippen LogP contribution in [0.1, 0.15) is 22.9 Å². The lowest BCUT2D eigenvalue weighted by Gasteiger charge is -2.21. The molecule has 0 spiro atoms. The molecule has 1 unspecified atom stereocenters. The molecule has 1 N–H and O–H groups in total. The van der Waals surface area contributed by atoms with Crippen molar-refractivity contribution in [2.24, 2.45) is 0 Å². The minimum Gasteiger partial charge on any atom is -0.491 e. The van der Waals surface area contributed by atoms with Crippen LogP contribution >= 0.6 is 0 Å². The Balaban J connectivity index is 1.69. The SMILES string of the molecule is COc1cc(-c2cc(C)c3c(c2)CN(c2cnn(CC#N)c2)C3O)cnc1OC. The van der Waals surface area contributed by atoms with Crippen LogP contribution in [0.15, 0.2) is 36.8 Å².